The largest absolute Gasteiger partial charge is 0.495 e. The average Bonchev–Trinajstić information content (AvgIpc) is 3.20. The van der Waals surface area contributed by atoms with Crippen LogP contribution in [0.15, 0.2) is 23.1 Å². The van der Waals surface area contributed by atoms with Gasteiger partial charge in [-0.1, -0.05) is 6.42 Å². The summed E-state index contributed by atoms with van der Waals surface area (Å²) in [4.78, 5) is 12.9. The number of hydrogen-bond donors (Lipinski definition) is 1. The van der Waals surface area contributed by atoms with E-state index in [1.165, 1.54) is 17.5 Å². The van der Waals surface area contributed by atoms with Gasteiger partial charge in [-0.25, -0.2) is 13.4 Å². The molecule has 0 saturated carbocycles. The lowest BCUT2D eigenvalue weighted by atomic mass is 10.00. The molecule has 2 fully saturated rings. The Hall–Kier alpha value is -1.64. The first-order valence-corrected chi connectivity index (χ1v) is 11.1. The number of rotatable bonds is 5. The van der Waals surface area contributed by atoms with E-state index in [0.717, 1.165) is 32.1 Å². The Bertz CT molecular complexity index is 780. The van der Waals surface area contributed by atoms with Gasteiger partial charge in [-0.05, 0) is 57.7 Å². The predicted molar refractivity (Wildman–Crippen MR) is 103 cm³/mol. The summed E-state index contributed by atoms with van der Waals surface area (Å²) < 4.78 is 32.7. The molecule has 1 aromatic carbocycles. The van der Waals surface area contributed by atoms with Crippen molar-refractivity contribution in [2.45, 2.75) is 62.9 Å². The van der Waals surface area contributed by atoms with Gasteiger partial charge in [-0.3, -0.25) is 10.2 Å². The van der Waals surface area contributed by atoms with Crippen molar-refractivity contribution in [1.29, 1.82) is 0 Å². The van der Waals surface area contributed by atoms with E-state index in [1.807, 2.05) is 5.01 Å². The summed E-state index contributed by atoms with van der Waals surface area (Å²) >= 11 is 0. The van der Waals surface area contributed by atoms with Crippen LogP contribution in [0.3, 0.4) is 0 Å². The molecule has 0 aromatic heterocycles. The van der Waals surface area contributed by atoms with Crippen LogP contribution in [-0.4, -0.2) is 55.9 Å². The molecule has 0 aliphatic carbocycles. The highest BCUT2D eigenvalue weighted by Crippen LogP contribution is 2.30. The Morgan fingerprint density at radius 3 is 2.33 bits per heavy atom. The zero-order valence-electron chi connectivity index (χ0n) is 16.3. The van der Waals surface area contributed by atoms with Crippen LogP contribution in [0.5, 0.6) is 5.75 Å². The van der Waals surface area contributed by atoms with Crippen LogP contribution in [0.4, 0.5) is 0 Å². The lowest BCUT2D eigenvalue weighted by Crippen LogP contribution is -2.54. The van der Waals surface area contributed by atoms with Crippen molar-refractivity contribution in [1.82, 2.24) is 14.7 Å². The predicted octanol–water partition coefficient (Wildman–Crippen LogP) is 2.39. The molecule has 8 heteroatoms. The highest BCUT2D eigenvalue weighted by atomic mass is 32.2. The number of carbonyl (C=O) groups excluding carboxylic acids is 1. The minimum atomic E-state index is -3.68. The van der Waals surface area contributed by atoms with Crippen LogP contribution in [0.2, 0.25) is 0 Å². The highest BCUT2D eigenvalue weighted by Gasteiger charge is 2.31. The zero-order chi connectivity index (χ0) is 19.6. The number of benzene rings is 1. The van der Waals surface area contributed by atoms with Crippen molar-refractivity contribution in [2.75, 3.05) is 20.2 Å². The molecule has 3 rings (SSSR count). The lowest BCUT2D eigenvalue weighted by molar-refractivity contribution is 0.0369. The number of hydrogen-bond acceptors (Lipinski definition) is 5. The van der Waals surface area contributed by atoms with Crippen molar-refractivity contribution in [2.24, 2.45) is 0 Å². The smallest absolute Gasteiger partial charge is 0.265 e. The second kappa shape index (κ2) is 8.16. The second-order valence-corrected chi connectivity index (χ2v) is 9.36. The zero-order valence-corrected chi connectivity index (χ0v) is 17.1. The topological polar surface area (TPSA) is 79.0 Å². The molecule has 2 atom stereocenters. The molecule has 0 bridgehead atoms. The molecule has 2 aliphatic heterocycles. The summed E-state index contributed by atoms with van der Waals surface area (Å²) in [5.74, 6) is -0.0331. The molecule has 150 valence electrons. The number of ether oxygens (including phenoxy) is 1. The van der Waals surface area contributed by atoms with Crippen molar-refractivity contribution in [3.05, 3.63) is 23.8 Å². The number of piperidine rings is 1. The SMILES string of the molecule is COc1ccc(C(=O)NN2C(C)CCCC2C)cc1S(=O)(=O)N1CCCC1. The third kappa shape index (κ3) is 4.12. The molecule has 1 aromatic rings. The van der Waals surface area contributed by atoms with E-state index < -0.39 is 10.0 Å². The Labute approximate surface area is 161 Å². The molecule has 2 unspecified atom stereocenters. The van der Waals surface area contributed by atoms with E-state index in [9.17, 15) is 13.2 Å². The molecule has 0 spiro atoms. The molecule has 7 nitrogen and oxygen atoms in total. The molecular formula is C19H29N3O4S. The fraction of sp³-hybridized carbons (Fsp3) is 0.632. The highest BCUT2D eigenvalue weighted by molar-refractivity contribution is 7.89. The van der Waals surface area contributed by atoms with Gasteiger partial charge in [0.05, 0.1) is 7.11 Å². The summed E-state index contributed by atoms with van der Waals surface area (Å²) in [7, 11) is -2.24. The molecule has 1 N–H and O–H groups in total. The molecule has 2 saturated heterocycles. The van der Waals surface area contributed by atoms with Crippen LogP contribution in [0.25, 0.3) is 0 Å². The Kier molecular flexibility index (Phi) is 6.08. The van der Waals surface area contributed by atoms with Crippen LogP contribution >= 0.6 is 0 Å². The Morgan fingerprint density at radius 2 is 1.74 bits per heavy atom. The maximum atomic E-state index is 13.0. The standard InChI is InChI=1S/C19H29N3O4S/c1-14-7-6-8-15(2)22(14)20-19(23)16-9-10-17(26-3)18(13-16)27(24,25)21-11-4-5-12-21/h9-10,13-15H,4-8,11-12H2,1-3H3,(H,20,23). The van der Waals surface area contributed by atoms with Crippen molar-refractivity contribution in [3.8, 4) is 5.75 Å². The molecule has 27 heavy (non-hydrogen) atoms. The summed E-state index contributed by atoms with van der Waals surface area (Å²) in [6.07, 6.45) is 4.91. The van der Waals surface area contributed by atoms with Gasteiger partial charge in [0.1, 0.15) is 10.6 Å². The minimum Gasteiger partial charge on any atom is -0.495 e. The van der Waals surface area contributed by atoms with Crippen LogP contribution in [-0.2, 0) is 10.0 Å². The van der Waals surface area contributed by atoms with E-state index in [-0.39, 0.29) is 28.6 Å². The van der Waals surface area contributed by atoms with Gasteiger partial charge in [-0.15, -0.1) is 0 Å². The summed E-state index contributed by atoms with van der Waals surface area (Å²) in [6, 6.07) is 5.10. The number of nitrogens with zero attached hydrogens (tertiary/aromatic N) is 2. The third-order valence-corrected chi connectivity index (χ3v) is 7.45. The number of nitrogens with one attached hydrogen (secondary N) is 1. The minimum absolute atomic E-state index is 0.0549. The monoisotopic (exact) mass is 395 g/mol. The maximum absolute atomic E-state index is 13.0. The number of methoxy groups -OCH3 is 1. The van der Waals surface area contributed by atoms with Crippen LogP contribution in [0.1, 0.15) is 56.3 Å². The van der Waals surface area contributed by atoms with Gasteiger partial charge in [0, 0.05) is 30.7 Å². The third-order valence-electron chi connectivity index (χ3n) is 5.53. The fourth-order valence-corrected chi connectivity index (χ4v) is 5.61. The van der Waals surface area contributed by atoms with Gasteiger partial charge >= 0.3 is 0 Å². The van der Waals surface area contributed by atoms with E-state index in [0.29, 0.717) is 18.7 Å². The summed E-state index contributed by atoms with van der Waals surface area (Å²) in [5, 5.41) is 1.98. The molecule has 1 amide bonds. The Morgan fingerprint density at radius 1 is 1.11 bits per heavy atom. The molecular weight excluding hydrogens is 366 g/mol. The van der Waals surface area contributed by atoms with Crippen LogP contribution in [0, 0.1) is 0 Å². The number of hydrazine groups is 1. The first-order chi connectivity index (χ1) is 12.8. The number of sulfonamides is 1. The van der Waals surface area contributed by atoms with E-state index in [2.05, 4.69) is 19.3 Å². The molecule has 0 radical (unpaired) electrons. The fourth-order valence-electron chi connectivity index (χ4n) is 3.91. The van der Waals surface area contributed by atoms with Crippen LogP contribution < -0.4 is 10.2 Å². The maximum Gasteiger partial charge on any atom is 0.265 e. The van der Waals surface area contributed by atoms with E-state index in [1.54, 1.807) is 12.1 Å². The van der Waals surface area contributed by atoms with Crippen molar-refractivity contribution in [3.63, 3.8) is 0 Å². The van der Waals surface area contributed by atoms with Gasteiger partial charge in [0.15, 0.2) is 0 Å². The number of carbonyl (C=O) groups is 1. The lowest BCUT2D eigenvalue weighted by Gasteiger charge is -2.38. The molecule has 2 heterocycles. The first kappa shape index (κ1) is 20.1. The van der Waals surface area contributed by atoms with E-state index >= 15 is 0 Å². The first-order valence-electron chi connectivity index (χ1n) is 9.62. The van der Waals surface area contributed by atoms with Crippen molar-refractivity contribution >= 4 is 15.9 Å². The summed E-state index contributed by atoms with van der Waals surface area (Å²) in [6.45, 7) is 5.19. The average molecular weight is 396 g/mol. The Balaban J connectivity index is 1.87. The quantitative estimate of drug-likeness (QED) is 0.828. The second-order valence-electron chi connectivity index (χ2n) is 7.45. The molecule has 2 aliphatic rings. The normalized spacial score (nSPS) is 24.7. The van der Waals surface area contributed by atoms with Gasteiger partial charge in [0.25, 0.3) is 5.91 Å². The summed E-state index contributed by atoms with van der Waals surface area (Å²) in [5.41, 5.74) is 3.28. The van der Waals surface area contributed by atoms with Gasteiger partial charge in [-0.2, -0.15) is 4.31 Å². The number of amides is 1. The van der Waals surface area contributed by atoms with E-state index in [4.69, 9.17) is 4.74 Å². The van der Waals surface area contributed by atoms with Gasteiger partial charge < -0.3 is 4.74 Å². The van der Waals surface area contributed by atoms with Gasteiger partial charge in [0.2, 0.25) is 10.0 Å². The van der Waals surface area contributed by atoms with Crippen molar-refractivity contribution < 1.29 is 17.9 Å².